The Balaban J connectivity index is 2.22. The van der Waals surface area contributed by atoms with E-state index >= 15 is 0 Å². The molecule has 14 heavy (non-hydrogen) atoms. The SMILES string of the molecule is CCC(OCC1CCOC1)C(=O)NN. The first-order valence-electron chi connectivity index (χ1n) is 4.97. The number of hydrogen-bond donors (Lipinski definition) is 2. The van der Waals surface area contributed by atoms with Crippen LogP contribution in [0.25, 0.3) is 0 Å². The number of hydrazine groups is 1. The molecule has 0 radical (unpaired) electrons. The second-order valence-corrected chi connectivity index (χ2v) is 3.47. The summed E-state index contributed by atoms with van der Waals surface area (Å²) in [4.78, 5) is 11.2. The summed E-state index contributed by atoms with van der Waals surface area (Å²) in [6.45, 7) is 4.01. The van der Waals surface area contributed by atoms with E-state index in [4.69, 9.17) is 15.3 Å². The fourth-order valence-electron chi connectivity index (χ4n) is 1.44. The van der Waals surface area contributed by atoms with Gasteiger partial charge in [-0.25, -0.2) is 5.84 Å². The number of carbonyl (C=O) groups excluding carboxylic acids is 1. The molecule has 0 bridgehead atoms. The fraction of sp³-hybridized carbons (Fsp3) is 0.889. The van der Waals surface area contributed by atoms with Crippen LogP contribution in [-0.4, -0.2) is 31.8 Å². The molecular formula is C9H18N2O3. The zero-order chi connectivity index (χ0) is 10.4. The first kappa shape index (κ1) is 11.4. The molecule has 3 N–H and O–H groups in total. The molecule has 1 aliphatic heterocycles. The Morgan fingerprint density at radius 3 is 3.07 bits per heavy atom. The van der Waals surface area contributed by atoms with Crippen molar-refractivity contribution in [2.24, 2.45) is 11.8 Å². The molecule has 2 atom stereocenters. The zero-order valence-corrected chi connectivity index (χ0v) is 8.49. The molecule has 82 valence electrons. The molecule has 1 aliphatic rings. The van der Waals surface area contributed by atoms with Crippen LogP contribution in [0.2, 0.25) is 0 Å². The van der Waals surface area contributed by atoms with Crippen LogP contribution in [0.15, 0.2) is 0 Å². The highest BCUT2D eigenvalue weighted by Crippen LogP contribution is 2.13. The molecule has 1 amide bonds. The van der Waals surface area contributed by atoms with Gasteiger partial charge >= 0.3 is 0 Å². The van der Waals surface area contributed by atoms with E-state index in [-0.39, 0.29) is 5.91 Å². The van der Waals surface area contributed by atoms with Crippen molar-refractivity contribution in [1.82, 2.24) is 5.43 Å². The second-order valence-electron chi connectivity index (χ2n) is 3.47. The monoisotopic (exact) mass is 202 g/mol. The summed E-state index contributed by atoms with van der Waals surface area (Å²) >= 11 is 0. The minimum Gasteiger partial charge on any atom is -0.381 e. The molecule has 0 saturated carbocycles. The van der Waals surface area contributed by atoms with Crippen molar-refractivity contribution in [2.75, 3.05) is 19.8 Å². The topological polar surface area (TPSA) is 73.6 Å². The molecule has 1 fully saturated rings. The molecule has 0 aromatic carbocycles. The van der Waals surface area contributed by atoms with Gasteiger partial charge < -0.3 is 9.47 Å². The van der Waals surface area contributed by atoms with E-state index in [0.717, 1.165) is 19.6 Å². The number of nitrogens with two attached hydrogens (primary N) is 1. The van der Waals surface area contributed by atoms with Gasteiger partial charge in [0.1, 0.15) is 6.10 Å². The van der Waals surface area contributed by atoms with Gasteiger partial charge in [-0.15, -0.1) is 0 Å². The second kappa shape index (κ2) is 5.95. The maximum absolute atomic E-state index is 11.2. The van der Waals surface area contributed by atoms with Crippen LogP contribution in [0.1, 0.15) is 19.8 Å². The van der Waals surface area contributed by atoms with Crippen molar-refractivity contribution in [3.63, 3.8) is 0 Å². The van der Waals surface area contributed by atoms with Crippen LogP contribution in [0.4, 0.5) is 0 Å². The first-order chi connectivity index (χ1) is 6.77. The van der Waals surface area contributed by atoms with Gasteiger partial charge in [-0.3, -0.25) is 10.2 Å². The van der Waals surface area contributed by atoms with Crippen molar-refractivity contribution in [1.29, 1.82) is 0 Å². The maximum atomic E-state index is 11.2. The molecule has 0 spiro atoms. The molecule has 5 nitrogen and oxygen atoms in total. The molecular weight excluding hydrogens is 184 g/mol. The van der Waals surface area contributed by atoms with Gasteiger partial charge in [-0.1, -0.05) is 6.92 Å². The summed E-state index contributed by atoms with van der Waals surface area (Å²) < 4.78 is 10.7. The number of rotatable bonds is 5. The van der Waals surface area contributed by atoms with E-state index in [1.807, 2.05) is 6.92 Å². The molecule has 0 aliphatic carbocycles. The lowest BCUT2D eigenvalue weighted by molar-refractivity contribution is -0.134. The predicted molar refractivity (Wildman–Crippen MR) is 51.3 cm³/mol. The van der Waals surface area contributed by atoms with Gasteiger partial charge in [0.2, 0.25) is 0 Å². The molecule has 1 saturated heterocycles. The lowest BCUT2D eigenvalue weighted by Crippen LogP contribution is -2.40. The minimum atomic E-state index is -0.430. The van der Waals surface area contributed by atoms with E-state index in [9.17, 15) is 4.79 Å². The summed E-state index contributed by atoms with van der Waals surface area (Å²) in [5.41, 5.74) is 2.10. The number of ether oxygens (including phenoxy) is 2. The Morgan fingerprint density at radius 2 is 2.57 bits per heavy atom. The van der Waals surface area contributed by atoms with E-state index in [2.05, 4.69) is 5.43 Å². The van der Waals surface area contributed by atoms with Crippen LogP contribution in [0.3, 0.4) is 0 Å². The maximum Gasteiger partial charge on any atom is 0.262 e. The van der Waals surface area contributed by atoms with Crippen LogP contribution >= 0.6 is 0 Å². The van der Waals surface area contributed by atoms with Crippen LogP contribution in [0.5, 0.6) is 0 Å². The molecule has 1 rings (SSSR count). The van der Waals surface area contributed by atoms with Crippen LogP contribution < -0.4 is 11.3 Å². The zero-order valence-electron chi connectivity index (χ0n) is 8.49. The third-order valence-corrected chi connectivity index (χ3v) is 2.36. The summed E-state index contributed by atoms with van der Waals surface area (Å²) in [7, 11) is 0. The predicted octanol–water partition coefficient (Wildman–Crippen LogP) is -0.192. The molecule has 5 heteroatoms. The number of carbonyl (C=O) groups is 1. The van der Waals surface area contributed by atoms with Crippen LogP contribution in [0, 0.1) is 5.92 Å². The quantitative estimate of drug-likeness (QED) is 0.368. The largest absolute Gasteiger partial charge is 0.381 e. The summed E-state index contributed by atoms with van der Waals surface area (Å²) in [6, 6.07) is 0. The van der Waals surface area contributed by atoms with E-state index in [1.165, 1.54) is 0 Å². The highest BCUT2D eigenvalue weighted by Gasteiger charge is 2.20. The number of amides is 1. The first-order valence-corrected chi connectivity index (χ1v) is 4.97. The van der Waals surface area contributed by atoms with E-state index in [1.54, 1.807) is 0 Å². The van der Waals surface area contributed by atoms with Gasteiger partial charge in [-0.05, 0) is 12.8 Å². The van der Waals surface area contributed by atoms with Crippen LogP contribution in [-0.2, 0) is 14.3 Å². The number of nitrogens with one attached hydrogen (secondary N) is 1. The lowest BCUT2D eigenvalue weighted by Gasteiger charge is -2.16. The van der Waals surface area contributed by atoms with Crippen molar-refractivity contribution < 1.29 is 14.3 Å². The van der Waals surface area contributed by atoms with E-state index < -0.39 is 6.10 Å². The van der Waals surface area contributed by atoms with Gasteiger partial charge in [0.15, 0.2) is 0 Å². The minimum absolute atomic E-state index is 0.258. The van der Waals surface area contributed by atoms with Crippen molar-refractivity contribution >= 4 is 5.91 Å². The Kier molecular flexibility index (Phi) is 4.86. The summed E-state index contributed by atoms with van der Waals surface area (Å²) in [5.74, 6) is 5.20. The van der Waals surface area contributed by atoms with E-state index in [0.29, 0.717) is 18.9 Å². The van der Waals surface area contributed by atoms with Crippen molar-refractivity contribution in [3.05, 3.63) is 0 Å². The summed E-state index contributed by atoms with van der Waals surface area (Å²) in [6.07, 6.45) is 1.22. The lowest BCUT2D eigenvalue weighted by atomic mass is 10.1. The standard InChI is InChI=1S/C9H18N2O3/c1-2-8(9(12)11-10)14-6-7-3-4-13-5-7/h7-8H,2-6,10H2,1H3,(H,11,12). The highest BCUT2D eigenvalue weighted by atomic mass is 16.5. The number of hydrogen-bond acceptors (Lipinski definition) is 4. The Labute approximate surface area is 83.9 Å². The normalized spacial score (nSPS) is 23.4. The Hall–Kier alpha value is -0.650. The van der Waals surface area contributed by atoms with Crippen molar-refractivity contribution in [2.45, 2.75) is 25.9 Å². The highest BCUT2D eigenvalue weighted by molar-refractivity contribution is 5.79. The van der Waals surface area contributed by atoms with Gasteiger partial charge in [0, 0.05) is 12.5 Å². The average Bonchev–Trinajstić information content (AvgIpc) is 2.71. The third-order valence-electron chi connectivity index (χ3n) is 2.36. The fourth-order valence-corrected chi connectivity index (χ4v) is 1.44. The third kappa shape index (κ3) is 3.25. The molecule has 0 aromatic heterocycles. The molecule has 1 heterocycles. The van der Waals surface area contributed by atoms with Gasteiger partial charge in [0.25, 0.3) is 5.91 Å². The van der Waals surface area contributed by atoms with Gasteiger partial charge in [-0.2, -0.15) is 0 Å². The Morgan fingerprint density at radius 1 is 1.79 bits per heavy atom. The average molecular weight is 202 g/mol. The van der Waals surface area contributed by atoms with Gasteiger partial charge in [0.05, 0.1) is 13.2 Å². The van der Waals surface area contributed by atoms with Crippen molar-refractivity contribution in [3.8, 4) is 0 Å². The smallest absolute Gasteiger partial charge is 0.262 e. The summed E-state index contributed by atoms with van der Waals surface area (Å²) in [5, 5.41) is 0. The molecule has 0 aromatic rings. The molecule has 2 unspecified atom stereocenters. The Bertz CT molecular complexity index is 181.